The Labute approximate surface area is 125 Å². The number of hydrogen-bond acceptors (Lipinski definition) is 3. The average Bonchev–Trinajstić information content (AvgIpc) is 2.69. The van der Waals surface area contributed by atoms with Crippen LogP contribution < -0.4 is 5.32 Å². The third kappa shape index (κ3) is 3.54. The van der Waals surface area contributed by atoms with Crippen LogP contribution >= 0.6 is 0 Å². The highest BCUT2D eigenvalue weighted by Gasteiger charge is 2.26. The zero-order valence-corrected chi connectivity index (χ0v) is 12.8. The van der Waals surface area contributed by atoms with Crippen LogP contribution in [0.15, 0.2) is 24.3 Å². The molecule has 1 N–H and O–H groups in total. The van der Waals surface area contributed by atoms with Crippen molar-refractivity contribution in [1.29, 1.82) is 0 Å². The van der Waals surface area contributed by atoms with Gasteiger partial charge >= 0.3 is 0 Å². The van der Waals surface area contributed by atoms with Crippen molar-refractivity contribution in [3.8, 4) is 0 Å². The second kappa shape index (κ2) is 7.11. The van der Waals surface area contributed by atoms with Crippen molar-refractivity contribution in [2.24, 2.45) is 0 Å². The smallest absolute Gasteiger partial charge is 0.256 e. The normalized spacial score (nSPS) is 15.8. The molecule has 1 aromatic rings. The molecule has 0 aliphatic carbocycles. The quantitative estimate of drug-likeness (QED) is 0.920. The molecule has 0 unspecified atom stereocenters. The summed E-state index contributed by atoms with van der Waals surface area (Å²) in [6, 6.07) is 7.40. The molecule has 0 atom stereocenters. The lowest BCUT2D eigenvalue weighted by atomic mass is 10.1. The molecule has 1 aliphatic heterocycles. The molecule has 0 aromatic heterocycles. The van der Waals surface area contributed by atoms with Crippen LogP contribution in [0, 0.1) is 0 Å². The number of carbonyl (C=O) groups excluding carboxylic acids is 2. The standard InChI is InChI=1S/C16H23N3O2/c1-3-9-18-10-6-11-19(12-15(18)20)16(21)13-7-4-5-8-14(13)17-2/h4-5,7-8,17H,3,6,9-12H2,1-2H3. The van der Waals surface area contributed by atoms with E-state index in [9.17, 15) is 9.59 Å². The van der Waals surface area contributed by atoms with Crippen LogP contribution in [-0.2, 0) is 4.79 Å². The van der Waals surface area contributed by atoms with E-state index in [4.69, 9.17) is 0 Å². The van der Waals surface area contributed by atoms with E-state index < -0.39 is 0 Å². The minimum atomic E-state index is -0.0772. The van der Waals surface area contributed by atoms with E-state index in [1.165, 1.54) is 0 Å². The minimum Gasteiger partial charge on any atom is -0.387 e. The number of benzene rings is 1. The molecule has 2 rings (SSSR count). The molecule has 1 saturated heterocycles. The third-order valence-electron chi connectivity index (χ3n) is 3.74. The van der Waals surface area contributed by atoms with Crippen LogP contribution in [0.3, 0.4) is 0 Å². The Balaban J connectivity index is 2.14. The summed E-state index contributed by atoms with van der Waals surface area (Å²) in [5, 5.41) is 3.03. The summed E-state index contributed by atoms with van der Waals surface area (Å²) in [5.74, 6) is -0.0312. The molecule has 1 aromatic carbocycles. The summed E-state index contributed by atoms with van der Waals surface area (Å²) in [4.78, 5) is 28.4. The molecular formula is C16H23N3O2. The molecule has 0 saturated carbocycles. The predicted octanol–water partition coefficient (Wildman–Crippen LogP) is 1.81. The highest BCUT2D eigenvalue weighted by atomic mass is 16.2. The molecule has 21 heavy (non-hydrogen) atoms. The Morgan fingerprint density at radius 3 is 2.76 bits per heavy atom. The average molecular weight is 289 g/mol. The van der Waals surface area contributed by atoms with E-state index in [2.05, 4.69) is 12.2 Å². The maximum atomic E-state index is 12.7. The van der Waals surface area contributed by atoms with Crippen molar-refractivity contribution in [3.05, 3.63) is 29.8 Å². The number of nitrogens with one attached hydrogen (secondary N) is 1. The van der Waals surface area contributed by atoms with E-state index in [-0.39, 0.29) is 18.4 Å². The third-order valence-corrected chi connectivity index (χ3v) is 3.74. The van der Waals surface area contributed by atoms with Crippen molar-refractivity contribution in [2.75, 3.05) is 38.5 Å². The van der Waals surface area contributed by atoms with E-state index in [1.807, 2.05) is 23.1 Å². The van der Waals surface area contributed by atoms with Crippen molar-refractivity contribution in [2.45, 2.75) is 19.8 Å². The Morgan fingerprint density at radius 1 is 1.29 bits per heavy atom. The minimum absolute atomic E-state index is 0.0460. The van der Waals surface area contributed by atoms with Gasteiger partial charge in [0.2, 0.25) is 5.91 Å². The van der Waals surface area contributed by atoms with Crippen molar-refractivity contribution in [3.63, 3.8) is 0 Å². The summed E-state index contributed by atoms with van der Waals surface area (Å²) >= 11 is 0. The molecule has 114 valence electrons. The number of amides is 2. The maximum Gasteiger partial charge on any atom is 0.256 e. The highest BCUT2D eigenvalue weighted by molar-refractivity contribution is 6.01. The van der Waals surface area contributed by atoms with Gasteiger partial charge < -0.3 is 15.1 Å². The van der Waals surface area contributed by atoms with E-state index in [0.717, 1.165) is 31.6 Å². The first-order valence-electron chi connectivity index (χ1n) is 7.51. The predicted molar refractivity (Wildman–Crippen MR) is 83.4 cm³/mol. The van der Waals surface area contributed by atoms with Gasteiger partial charge in [-0.3, -0.25) is 9.59 Å². The first-order valence-corrected chi connectivity index (χ1v) is 7.51. The lowest BCUT2D eigenvalue weighted by molar-refractivity contribution is -0.130. The molecule has 5 nitrogen and oxygen atoms in total. The Hall–Kier alpha value is -2.04. The number of hydrogen-bond donors (Lipinski definition) is 1. The first kappa shape index (κ1) is 15.4. The topological polar surface area (TPSA) is 52.6 Å². The number of rotatable bonds is 4. The zero-order valence-electron chi connectivity index (χ0n) is 12.8. The van der Waals surface area contributed by atoms with Crippen LogP contribution in [0.1, 0.15) is 30.1 Å². The summed E-state index contributed by atoms with van der Waals surface area (Å²) in [5.41, 5.74) is 1.42. The summed E-state index contributed by atoms with van der Waals surface area (Å²) < 4.78 is 0. The molecule has 0 radical (unpaired) electrons. The molecular weight excluding hydrogens is 266 g/mol. The molecule has 2 amide bonds. The Morgan fingerprint density at radius 2 is 2.05 bits per heavy atom. The fourth-order valence-electron chi connectivity index (χ4n) is 2.66. The zero-order chi connectivity index (χ0) is 15.2. The largest absolute Gasteiger partial charge is 0.387 e. The number of anilines is 1. The summed E-state index contributed by atoms with van der Waals surface area (Å²) in [7, 11) is 1.79. The summed E-state index contributed by atoms with van der Waals surface area (Å²) in [6.07, 6.45) is 1.78. The molecule has 5 heteroatoms. The Bertz CT molecular complexity index is 516. The lowest BCUT2D eigenvalue weighted by Crippen LogP contribution is -2.39. The molecule has 1 aliphatic rings. The molecule has 0 bridgehead atoms. The van der Waals surface area contributed by atoms with Gasteiger partial charge in [-0.1, -0.05) is 19.1 Å². The fraction of sp³-hybridized carbons (Fsp3) is 0.500. The number of carbonyl (C=O) groups is 2. The van der Waals surface area contributed by atoms with Gasteiger partial charge in [0.25, 0.3) is 5.91 Å². The van der Waals surface area contributed by atoms with Gasteiger partial charge in [0, 0.05) is 32.4 Å². The van der Waals surface area contributed by atoms with E-state index in [1.54, 1.807) is 18.0 Å². The van der Waals surface area contributed by atoms with E-state index in [0.29, 0.717) is 12.1 Å². The van der Waals surface area contributed by atoms with Gasteiger partial charge in [0.05, 0.1) is 5.56 Å². The van der Waals surface area contributed by atoms with Gasteiger partial charge in [-0.15, -0.1) is 0 Å². The fourth-order valence-corrected chi connectivity index (χ4v) is 2.66. The van der Waals surface area contributed by atoms with Crippen molar-refractivity contribution >= 4 is 17.5 Å². The monoisotopic (exact) mass is 289 g/mol. The van der Waals surface area contributed by atoms with Crippen LogP contribution in [-0.4, -0.2) is 54.8 Å². The molecule has 0 spiro atoms. The summed E-state index contributed by atoms with van der Waals surface area (Å²) in [6.45, 7) is 4.38. The second-order valence-electron chi connectivity index (χ2n) is 5.26. The van der Waals surface area contributed by atoms with Crippen LogP contribution in [0.25, 0.3) is 0 Å². The second-order valence-corrected chi connectivity index (χ2v) is 5.26. The van der Waals surface area contributed by atoms with E-state index >= 15 is 0 Å². The van der Waals surface area contributed by atoms with Crippen LogP contribution in [0.4, 0.5) is 5.69 Å². The SMILES string of the molecule is CCCN1CCCN(C(=O)c2ccccc2NC)CC1=O. The Kier molecular flexibility index (Phi) is 5.20. The lowest BCUT2D eigenvalue weighted by Gasteiger charge is -2.22. The molecule has 1 heterocycles. The van der Waals surface area contributed by atoms with Crippen LogP contribution in [0.5, 0.6) is 0 Å². The maximum absolute atomic E-state index is 12.7. The van der Waals surface area contributed by atoms with Gasteiger partial charge in [0.1, 0.15) is 6.54 Å². The molecule has 1 fully saturated rings. The van der Waals surface area contributed by atoms with Gasteiger partial charge in [-0.05, 0) is 25.0 Å². The van der Waals surface area contributed by atoms with Crippen molar-refractivity contribution in [1.82, 2.24) is 9.80 Å². The first-order chi connectivity index (χ1) is 10.2. The van der Waals surface area contributed by atoms with Crippen molar-refractivity contribution < 1.29 is 9.59 Å². The van der Waals surface area contributed by atoms with Crippen LogP contribution in [0.2, 0.25) is 0 Å². The highest BCUT2D eigenvalue weighted by Crippen LogP contribution is 2.18. The van der Waals surface area contributed by atoms with Gasteiger partial charge in [-0.2, -0.15) is 0 Å². The van der Waals surface area contributed by atoms with Gasteiger partial charge in [-0.25, -0.2) is 0 Å². The number of para-hydroxylation sites is 1. The number of nitrogens with zero attached hydrogens (tertiary/aromatic N) is 2. The van der Waals surface area contributed by atoms with Gasteiger partial charge in [0.15, 0.2) is 0 Å².